The lowest BCUT2D eigenvalue weighted by molar-refractivity contribution is 0.403. The fraction of sp³-hybridized carbons (Fsp3) is 0.333. The standard InChI is InChI=1S/C12H18O/c1-11(2)7-5-9-13-10-6-8-12(3)4/h5-10H,1-4H3. The highest BCUT2D eigenvalue weighted by Crippen LogP contribution is 1.91. The van der Waals surface area contributed by atoms with Crippen LogP contribution in [0, 0.1) is 0 Å². The van der Waals surface area contributed by atoms with E-state index in [0.717, 1.165) is 0 Å². The first-order valence-electron chi connectivity index (χ1n) is 4.38. The van der Waals surface area contributed by atoms with Crippen LogP contribution < -0.4 is 0 Å². The zero-order valence-corrected chi connectivity index (χ0v) is 8.87. The minimum Gasteiger partial charge on any atom is -0.473 e. The molecule has 0 aromatic heterocycles. The van der Waals surface area contributed by atoms with Gasteiger partial charge in [-0.25, -0.2) is 0 Å². The van der Waals surface area contributed by atoms with Gasteiger partial charge in [-0.05, 0) is 39.8 Å². The van der Waals surface area contributed by atoms with Crippen molar-refractivity contribution >= 4 is 0 Å². The Morgan fingerprint density at radius 3 is 1.46 bits per heavy atom. The van der Waals surface area contributed by atoms with E-state index in [9.17, 15) is 0 Å². The molecule has 0 aliphatic heterocycles. The summed E-state index contributed by atoms with van der Waals surface area (Å²) in [5.74, 6) is 0. The second-order valence-corrected chi connectivity index (χ2v) is 3.28. The molecule has 72 valence electrons. The van der Waals surface area contributed by atoms with Crippen molar-refractivity contribution in [1.82, 2.24) is 0 Å². The number of ether oxygens (including phenoxy) is 1. The Bertz CT molecular complexity index is 208. The third-order valence-electron chi connectivity index (χ3n) is 1.17. The molecule has 0 amide bonds. The van der Waals surface area contributed by atoms with E-state index in [4.69, 9.17) is 4.74 Å². The molecule has 0 spiro atoms. The minimum absolute atomic E-state index is 1.26. The van der Waals surface area contributed by atoms with Gasteiger partial charge in [-0.1, -0.05) is 23.3 Å². The normalized spacial score (nSPS) is 10.5. The molecule has 0 aliphatic carbocycles. The summed E-state index contributed by atoms with van der Waals surface area (Å²) in [4.78, 5) is 0. The predicted molar refractivity (Wildman–Crippen MR) is 58.2 cm³/mol. The van der Waals surface area contributed by atoms with Crippen LogP contribution in [0.5, 0.6) is 0 Å². The molecule has 0 radical (unpaired) electrons. The zero-order valence-electron chi connectivity index (χ0n) is 8.87. The van der Waals surface area contributed by atoms with E-state index >= 15 is 0 Å². The smallest absolute Gasteiger partial charge is 0.0901 e. The van der Waals surface area contributed by atoms with E-state index in [1.807, 2.05) is 52.0 Å². The zero-order chi connectivity index (χ0) is 10.1. The molecular weight excluding hydrogens is 160 g/mol. The number of rotatable bonds is 4. The van der Waals surface area contributed by atoms with Crippen molar-refractivity contribution in [3.63, 3.8) is 0 Å². The second kappa shape index (κ2) is 7.41. The van der Waals surface area contributed by atoms with Crippen molar-refractivity contribution in [3.8, 4) is 0 Å². The molecule has 0 rings (SSSR count). The molecule has 0 saturated carbocycles. The summed E-state index contributed by atoms with van der Waals surface area (Å²) in [5.41, 5.74) is 2.52. The summed E-state index contributed by atoms with van der Waals surface area (Å²) < 4.78 is 5.08. The van der Waals surface area contributed by atoms with Crippen molar-refractivity contribution in [2.45, 2.75) is 27.7 Å². The highest BCUT2D eigenvalue weighted by atomic mass is 16.5. The van der Waals surface area contributed by atoms with Gasteiger partial charge < -0.3 is 4.74 Å². The molecule has 0 N–H and O–H groups in total. The monoisotopic (exact) mass is 178 g/mol. The number of hydrogen-bond donors (Lipinski definition) is 0. The van der Waals surface area contributed by atoms with Gasteiger partial charge in [-0.3, -0.25) is 0 Å². The lowest BCUT2D eigenvalue weighted by Gasteiger charge is -1.87. The average Bonchev–Trinajstić information content (AvgIpc) is 2.01. The fourth-order valence-corrected chi connectivity index (χ4v) is 0.600. The number of hydrogen-bond acceptors (Lipinski definition) is 1. The second-order valence-electron chi connectivity index (χ2n) is 3.28. The van der Waals surface area contributed by atoms with Gasteiger partial charge in [0, 0.05) is 0 Å². The van der Waals surface area contributed by atoms with Crippen LogP contribution in [-0.2, 0) is 4.74 Å². The molecule has 0 atom stereocenters. The maximum atomic E-state index is 5.08. The Hall–Kier alpha value is -1.24. The maximum absolute atomic E-state index is 5.08. The van der Waals surface area contributed by atoms with Crippen LogP contribution >= 0.6 is 0 Å². The first-order chi connectivity index (χ1) is 6.13. The van der Waals surface area contributed by atoms with Gasteiger partial charge in [0.2, 0.25) is 0 Å². The topological polar surface area (TPSA) is 9.23 Å². The van der Waals surface area contributed by atoms with E-state index in [2.05, 4.69) is 0 Å². The SMILES string of the molecule is CC(C)=CC=COC=CC=C(C)C. The van der Waals surface area contributed by atoms with Crippen LogP contribution in [0.2, 0.25) is 0 Å². The van der Waals surface area contributed by atoms with Crippen LogP contribution in [0.25, 0.3) is 0 Å². The molecular formula is C12H18O. The van der Waals surface area contributed by atoms with Gasteiger partial charge in [0.25, 0.3) is 0 Å². The lowest BCUT2D eigenvalue weighted by atomic mass is 10.3. The molecule has 0 heterocycles. The molecule has 0 unspecified atom stereocenters. The summed E-state index contributed by atoms with van der Waals surface area (Å²) in [7, 11) is 0. The highest BCUT2D eigenvalue weighted by Gasteiger charge is 1.72. The lowest BCUT2D eigenvalue weighted by Crippen LogP contribution is -1.66. The Morgan fingerprint density at radius 1 is 0.769 bits per heavy atom. The Kier molecular flexibility index (Phi) is 6.70. The van der Waals surface area contributed by atoms with Crippen molar-refractivity contribution < 1.29 is 4.74 Å². The maximum Gasteiger partial charge on any atom is 0.0901 e. The van der Waals surface area contributed by atoms with Gasteiger partial charge in [0.1, 0.15) is 0 Å². The van der Waals surface area contributed by atoms with Gasteiger partial charge in [-0.15, -0.1) is 0 Å². The molecule has 0 fully saturated rings. The molecule has 0 aliphatic rings. The fourth-order valence-electron chi connectivity index (χ4n) is 0.600. The summed E-state index contributed by atoms with van der Waals surface area (Å²) in [6.45, 7) is 8.18. The summed E-state index contributed by atoms with van der Waals surface area (Å²) in [6, 6.07) is 0. The first kappa shape index (κ1) is 11.8. The molecule has 0 bridgehead atoms. The predicted octanol–water partition coefficient (Wildman–Crippen LogP) is 3.96. The Labute approximate surface area is 81.1 Å². The molecule has 0 aromatic rings. The van der Waals surface area contributed by atoms with Gasteiger partial charge in [0.05, 0.1) is 12.5 Å². The van der Waals surface area contributed by atoms with Crippen molar-refractivity contribution in [2.75, 3.05) is 0 Å². The third kappa shape index (κ3) is 10.8. The van der Waals surface area contributed by atoms with E-state index in [-0.39, 0.29) is 0 Å². The van der Waals surface area contributed by atoms with Crippen LogP contribution in [0.3, 0.4) is 0 Å². The third-order valence-corrected chi connectivity index (χ3v) is 1.17. The van der Waals surface area contributed by atoms with E-state index in [1.165, 1.54) is 11.1 Å². The van der Waals surface area contributed by atoms with Crippen molar-refractivity contribution in [2.24, 2.45) is 0 Å². The summed E-state index contributed by atoms with van der Waals surface area (Å²) >= 11 is 0. The van der Waals surface area contributed by atoms with Crippen LogP contribution in [0.15, 0.2) is 48.0 Å². The Morgan fingerprint density at radius 2 is 1.15 bits per heavy atom. The minimum atomic E-state index is 1.26. The van der Waals surface area contributed by atoms with Crippen LogP contribution in [0.1, 0.15) is 27.7 Å². The largest absolute Gasteiger partial charge is 0.473 e. The molecule has 13 heavy (non-hydrogen) atoms. The molecule has 1 heteroatoms. The first-order valence-corrected chi connectivity index (χ1v) is 4.38. The van der Waals surface area contributed by atoms with Crippen molar-refractivity contribution in [3.05, 3.63) is 48.0 Å². The summed E-state index contributed by atoms with van der Waals surface area (Å²) in [6.07, 6.45) is 11.1. The van der Waals surface area contributed by atoms with Gasteiger partial charge in [0.15, 0.2) is 0 Å². The van der Waals surface area contributed by atoms with Crippen LogP contribution in [-0.4, -0.2) is 0 Å². The van der Waals surface area contributed by atoms with Gasteiger partial charge >= 0.3 is 0 Å². The Balaban J connectivity index is 3.68. The molecule has 0 aromatic carbocycles. The van der Waals surface area contributed by atoms with Crippen molar-refractivity contribution in [1.29, 1.82) is 0 Å². The van der Waals surface area contributed by atoms with E-state index in [1.54, 1.807) is 12.5 Å². The average molecular weight is 178 g/mol. The van der Waals surface area contributed by atoms with Gasteiger partial charge in [-0.2, -0.15) is 0 Å². The molecule has 0 saturated heterocycles. The van der Waals surface area contributed by atoms with E-state index < -0.39 is 0 Å². The highest BCUT2D eigenvalue weighted by molar-refractivity contribution is 5.08. The van der Waals surface area contributed by atoms with Crippen LogP contribution in [0.4, 0.5) is 0 Å². The quantitative estimate of drug-likeness (QED) is 0.467. The molecule has 1 nitrogen and oxygen atoms in total. The summed E-state index contributed by atoms with van der Waals surface area (Å²) in [5, 5.41) is 0. The number of allylic oxidation sites excluding steroid dienone is 6. The van der Waals surface area contributed by atoms with E-state index in [0.29, 0.717) is 0 Å².